The van der Waals surface area contributed by atoms with Crippen LogP contribution in [0.15, 0.2) is 37.1 Å². The first-order chi connectivity index (χ1) is 14.1. The molecule has 1 saturated carbocycles. The molecule has 4 rings (SSSR count). The van der Waals surface area contributed by atoms with Gasteiger partial charge in [-0.3, -0.25) is 14.3 Å². The first-order valence-electron chi connectivity index (χ1n) is 10.1. The number of carbonyl (C=O) groups excluding carboxylic acids is 2. The van der Waals surface area contributed by atoms with Gasteiger partial charge in [0.15, 0.2) is 0 Å². The molecule has 1 aliphatic carbocycles. The van der Waals surface area contributed by atoms with Crippen molar-refractivity contribution in [1.82, 2.24) is 35.0 Å². The number of hydrogen-bond acceptors (Lipinski definition) is 5. The summed E-state index contributed by atoms with van der Waals surface area (Å²) in [5.74, 6) is 0.880. The molecule has 2 aromatic rings. The first kappa shape index (κ1) is 19.4. The van der Waals surface area contributed by atoms with Crippen LogP contribution in [0.25, 0.3) is 5.82 Å². The van der Waals surface area contributed by atoms with Crippen molar-refractivity contribution in [3.05, 3.63) is 42.6 Å². The number of rotatable bonds is 6. The standard InChI is InChI=1S/C20H27N7O2/c1-15(19(28)24-17-3-4-17)25-8-10-26(11-9-25)20(29)23-13-16-2-5-18(22-12-16)27-7-6-21-14-27/h2,5-7,12,14-15,17H,3-4,8-11,13H2,1H3,(H,23,29)(H,24,28). The van der Waals surface area contributed by atoms with Crippen LogP contribution < -0.4 is 10.6 Å². The van der Waals surface area contributed by atoms with Crippen molar-refractivity contribution in [3.63, 3.8) is 0 Å². The van der Waals surface area contributed by atoms with Crippen LogP contribution in [-0.4, -0.2) is 74.5 Å². The average molecular weight is 397 g/mol. The minimum absolute atomic E-state index is 0.0848. The maximum atomic E-state index is 12.5. The normalized spacial score (nSPS) is 18.3. The number of nitrogens with zero attached hydrogens (tertiary/aromatic N) is 5. The Labute approximate surface area is 170 Å². The van der Waals surface area contributed by atoms with Crippen LogP contribution >= 0.6 is 0 Å². The van der Waals surface area contributed by atoms with Gasteiger partial charge in [-0.05, 0) is 31.4 Å². The zero-order valence-electron chi connectivity index (χ0n) is 16.6. The maximum Gasteiger partial charge on any atom is 0.317 e. The van der Waals surface area contributed by atoms with E-state index in [1.165, 1.54) is 0 Å². The third-order valence-electron chi connectivity index (χ3n) is 5.47. The lowest BCUT2D eigenvalue weighted by molar-refractivity contribution is -0.126. The van der Waals surface area contributed by atoms with Gasteiger partial charge < -0.3 is 15.5 Å². The Morgan fingerprint density at radius 3 is 2.62 bits per heavy atom. The molecule has 2 aliphatic rings. The highest BCUT2D eigenvalue weighted by atomic mass is 16.2. The summed E-state index contributed by atoms with van der Waals surface area (Å²) in [5, 5.41) is 6.01. The van der Waals surface area contributed by atoms with Crippen molar-refractivity contribution in [2.45, 2.75) is 38.4 Å². The van der Waals surface area contributed by atoms with E-state index >= 15 is 0 Å². The number of aromatic nitrogens is 3. The predicted molar refractivity (Wildman–Crippen MR) is 107 cm³/mol. The number of urea groups is 1. The average Bonchev–Trinajstić information content (AvgIpc) is 3.40. The molecule has 0 aromatic carbocycles. The minimum Gasteiger partial charge on any atom is -0.352 e. The summed E-state index contributed by atoms with van der Waals surface area (Å²) in [5.41, 5.74) is 0.936. The Balaban J connectivity index is 1.21. The molecule has 2 aromatic heterocycles. The summed E-state index contributed by atoms with van der Waals surface area (Å²) < 4.78 is 1.83. The highest BCUT2D eigenvalue weighted by Gasteiger charge is 2.30. The van der Waals surface area contributed by atoms with Crippen LogP contribution in [0.2, 0.25) is 0 Å². The van der Waals surface area contributed by atoms with E-state index in [4.69, 9.17) is 0 Å². The van der Waals surface area contributed by atoms with Crippen molar-refractivity contribution in [2.24, 2.45) is 0 Å². The van der Waals surface area contributed by atoms with Gasteiger partial charge in [-0.25, -0.2) is 14.8 Å². The van der Waals surface area contributed by atoms with Gasteiger partial charge in [-0.2, -0.15) is 0 Å². The fourth-order valence-corrected chi connectivity index (χ4v) is 3.39. The van der Waals surface area contributed by atoms with Crippen molar-refractivity contribution in [1.29, 1.82) is 0 Å². The third kappa shape index (κ3) is 4.92. The monoisotopic (exact) mass is 397 g/mol. The number of carbonyl (C=O) groups is 2. The largest absolute Gasteiger partial charge is 0.352 e. The van der Waals surface area contributed by atoms with E-state index in [9.17, 15) is 9.59 Å². The summed E-state index contributed by atoms with van der Waals surface area (Å²) in [6, 6.07) is 3.98. The maximum absolute atomic E-state index is 12.5. The quantitative estimate of drug-likeness (QED) is 0.750. The van der Waals surface area contributed by atoms with Crippen molar-refractivity contribution < 1.29 is 9.59 Å². The molecule has 1 saturated heterocycles. The van der Waals surface area contributed by atoms with E-state index in [1.54, 1.807) is 23.6 Å². The van der Waals surface area contributed by atoms with E-state index < -0.39 is 0 Å². The molecule has 9 heteroatoms. The summed E-state index contributed by atoms with van der Waals surface area (Å²) in [4.78, 5) is 37.0. The van der Waals surface area contributed by atoms with E-state index in [0.717, 1.165) is 24.2 Å². The molecule has 1 atom stereocenters. The molecule has 2 N–H and O–H groups in total. The lowest BCUT2D eigenvalue weighted by atomic mass is 10.2. The lowest BCUT2D eigenvalue weighted by Gasteiger charge is -2.37. The number of amides is 3. The van der Waals surface area contributed by atoms with Crippen molar-refractivity contribution in [3.8, 4) is 5.82 Å². The molecule has 154 valence electrons. The van der Waals surface area contributed by atoms with E-state index in [0.29, 0.717) is 38.8 Å². The second-order valence-corrected chi connectivity index (χ2v) is 7.64. The molecule has 1 aliphatic heterocycles. The van der Waals surface area contributed by atoms with Gasteiger partial charge >= 0.3 is 6.03 Å². The van der Waals surface area contributed by atoms with Crippen molar-refractivity contribution >= 4 is 11.9 Å². The zero-order chi connectivity index (χ0) is 20.2. The third-order valence-corrected chi connectivity index (χ3v) is 5.47. The molecular weight excluding hydrogens is 370 g/mol. The van der Waals surface area contributed by atoms with Crippen LogP contribution in [-0.2, 0) is 11.3 Å². The van der Waals surface area contributed by atoms with Crippen LogP contribution in [0.4, 0.5) is 4.79 Å². The summed E-state index contributed by atoms with van der Waals surface area (Å²) in [7, 11) is 0. The van der Waals surface area contributed by atoms with Gasteiger partial charge in [0.1, 0.15) is 12.1 Å². The predicted octanol–water partition coefficient (Wildman–Crippen LogP) is 0.762. The highest BCUT2D eigenvalue weighted by Crippen LogP contribution is 2.19. The molecule has 9 nitrogen and oxygen atoms in total. The molecule has 0 radical (unpaired) electrons. The molecule has 29 heavy (non-hydrogen) atoms. The number of imidazole rings is 1. The molecule has 1 unspecified atom stereocenters. The molecule has 3 amide bonds. The fraction of sp³-hybridized carbons (Fsp3) is 0.500. The smallest absolute Gasteiger partial charge is 0.317 e. The number of nitrogens with one attached hydrogen (secondary N) is 2. The van der Waals surface area contributed by atoms with Gasteiger partial charge in [0.05, 0.1) is 6.04 Å². The van der Waals surface area contributed by atoms with E-state index in [2.05, 4.69) is 25.5 Å². The number of hydrogen-bond donors (Lipinski definition) is 2. The Morgan fingerprint density at radius 1 is 1.21 bits per heavy atom. The highest BCUT2D eigenvalue weighted by molar-refractivity contribution is 5.82. The summed E-state index contributed by atoms with van der Waals surface area (Å²) in [6.07, 6.45) is 9.17. The Kier molecular flexibility index (Phi) is 5.75. The van der Waals surface area contributed by atoms with E-state index in [-0.39, 0.29) is 18.0 Å². The lowest BCUT2D eigenvalue weighted by Crippen LogP contribution is -2.56. The van der Waals surface area contributed by atoms with Crippen molar-refractivity contribution in [2.75, 3.05) is 26.2 Å². The zero-order valence-corrected chi connectivity index (χ0v) is 16.6. The van der Waals surface area contributed by atoms with Crippen LogP contribution in [0, 0.1) is 0 Å². The Bertz CT molecular complexity index is 825. The first-order valence-corrected chi connectivity index (χ1v) is 10.1. The SMILES string of the molecule is CC(C(=O)NC1CC1)N1CCN(C(=O)NCc2ccc(-n3ccnc3)nc2)CC1. The van der Waals surface area contributed by atoms with Gasteiger partial charge in [0.2, 0.25) is 5.91 Å². The van der Waals surface area contributed by atoms with Gasteiger partial charge in [-0.1, -0.05) is 6.07 Å². The minimum atomic E-state index is -0.152. The van der Waals surface area contributed by atoms with Crippen LogP contribution in [0.1, 0.15) is 25.3 Å². The Hall–Kier alpha value is -2.94. The number of piperazine rings is 1. The van der Waals surface area contributed by atoms with Crippen LogP contribution in [0.5, 0.6) is 0 Å². The molecule has 2 fully saturated rings. The molecule has 3 heterocycles. The van der Waals surface area contributed by atoms with Gasteiger partial charge in [-0.15, -0.1) is 0 Å². The van der Waals surface area contributed by atoms with Gasteiger partial charge in [0.25, 0.3) is 0 Å². The Morgan fingerprint density at radius 2 is 2.00 bits per heavy atom. The summed E-state index contributed by atoms with van der Waals surface area (Å²) >= 11 is 0. The van der Waals surface area contributed by atoms with Crippen LogP contribution in [0.3, 0.4) is 0 Å². The molecular formula is C20H27N7O2. The second kappa shape index (κ2) is 8.60. The van der Waals surface area contributed by atoms with E-state index in [1.807, 2.05) is 29.8 Å². The fourth-order valence-electron chi connectivity index (χ4n) is 3.39. The second-order valence-electron chi connectivity index (χ2n) is 7.64. The summed E-state index contributed by atoms with van der Waals surface area (Å²) in [6.45, 7) is 5.00. The topological polar surface area (TPSA) is 95.4 Å². The molecule has 0 bridgehead atoms. The number of pyridine rings is 1. The molecule has 0 spiro atoms. The van der Waals surface area contributed by atoms with Gasteiger partial charge in [0, 0.05) is 57.4 Å².